The molecule has 13 heteroatoms. The molecule has 0 N–H and O–H groups in total. The van der Waals surface area contributed by atoms with E-state index >= 15 is 0 Å². The molecule has 0 aromatic rings. The van der Waals surface area contributed by atoms with Crippen LogP contribution >= 0.6 is 0 Å². The Morgan fingerprint density at radius 3 is 1.94 bits per heavy atom. The maximum absolute atomic E-state index is 11.6. The standard InChI is InChI=1S/C18H29N3O10/c1-11-15(29-12(2)22)16(30-13(3)23)17(31-14(4)24)18(28-11)27-10-9-26-8-7-25-6-5-20-21-19/h11,15-18H,5-10H2,1-4H3/t11-,15+,16?,17-,18?/m1/s1. The normalized spacial score (nSPS) is 25.2. The van der Waals surface area contributed by atoms with Crippen LogP contribution < -0.4 is 0 Å². The Hall–Kier alpha value is -2.44. The van der Waals surface area contributed by atoms with Crippen LogP contribution in [0.5, 0.6) is 0 Å². The Morgan fingerprint density at radius 1 is 0.839 bits per heavy atom. The van der Waals surface area contributed by atoms with Crippen LogP contribution in [-0.2, 0) is 47.5 Å². The second-order valence-electron chi connectivity index (χ2n) is 6.48. The van der Waals surface area contributed by atoms with Gasteiger partial charge in [-0.3, -0.25) is 14.4 Å². The summed E-state index contributed by atoms with van der Waals surface area (Å²) in [4.78, 5) is 37.3. The van der Waals surface area contributed by atoms with Crippen molar-refractivity contribution in [1.82, 2.24) is 0 Å². The van der Waals surface area contributed by atoms with Gasteiger partial charge in [-0.1, -0.05) is 5.11 Å². The van der Waals surface area contributed by atoms with Crippen molar-refractivity contribution in [3.8, 4) is 0 Å². The minimum absolute atomic E-state index is 0.0822. The molecule has 0 aromatic heterocycles. The summed E-state index contributed by atoms with van der Waals surface area (Å²) in [6, 6.07) is 0. The summed E-state index contributed by atoms with van der Waals surface area (Å²) in [6.45, 7) is 6.61. The summed E-state index contributed by atoms with van der Waals surface area (Å²) < 4.78 is 37.7. The molecule has 1 aliphatic rings. The zero-order chi connectivity index (χ0) is 23.2. The number of carbonyl (C=O) groups is 3. The van der Waals surface area contributed by atoms with E-state index in [4.69, 9.17) is 38.7 Å². The van der Waals surface area contributed by atoms with E-state index in [0.29, 0.717) is 19.8 Å². The maximum Gasteiger partial charge on any atom is 0.303 e. The van der Waals surface area contributed by atoms with Gasteiger partial charge >= 0.3 is 17.9 Å². The molecule has 176 valence electrons. The van der Waals surface area contributed by atoms with Gasteiger partial charge in [-0.15, -0.1) is 0 Å². The van der Waals surface area contributed by atoms with E-state index < -0.39 is 48.6 Å². The number of azide groups is 1. The number of carbonyl (C=O) groups excluding carboxylic acids is 3. The number of esters is 3. The Balaban J connectivity index is 2.62. The van der Waals surface area contributed by atoms with Crippen molar-refractivity contribution >= 4 is 17.9 Å². The van der Waals surface area contributed by atoms with Crippen molar-refractivity contribution in [3.05, 3.63) is 10.4 Å². The molecular formula is C18H29N3O10. The van der Waals surface area contributed by atoms with Gasteiger partial charge in [0.05, 0.1) is 39.1 Å². The van der Waals surface area contributed by atoms with Crippen molar-refractivity contribution in [2.75, 3.05) is 39.6 Å². The molecule has 13 nitrogen and oxygen atoms in total. The minimum atomic E-state index is -1.15. The van der Waals surface area contributed by atoms with Gasteiger partial charge in [-0.2, -0.15) is 0 Å². The molecule has 0 radical (unpaired) electrons. The number of hydrogen-bond acceptors (Lipinski definition) is 11. The second-order valence-corrected chi connectivity index (χ2v) is 6.48. The molecule has 0 spiro atoms. The average Bonchev–Trinajstić information content (AvgIpc) is 2.68. The van der Waals surface area contributed by atoms with Gasteiger partial charge in [-0.25, -0.2) is 0 Å². The van der Waals surface area contributed by atoms with Gasteiger partial charge in [0.25, 0.3) is 0 Å². The van der Waals surface area contributed by atoms with Crippen LogP contribution in [0, 0.1) is 0 Å². The lowest BCUT2D eigenvalue weighted by atomic mass is 9.99. The Labute approximate surface area is 179 Å². The molecule has 31 heavy (non-hydrogen) atoms. The quantitative estimate of drug-likeness (QED) is 0.0988. The fourth-order valence-electron chi connectivity index (χ4n) is 2.80. The Bertz CT molecular complexity index is 640. The molecule has 0 amide bonds. The summed E-state index contributed by atoms with van der Waals surface area (Å²) in [6.07, 6.45) is -5.01. The van der Waals surface area contributed by atoms with Crippen LogP contribution in [-0.4, -0.2) is 88.2 Å². The zero-order valence-corrected chi connectivity index (χ0v) is 18.1. The monoisotopic (exact) mass is 447 g/mol. The molecule has 2 unspecified atom stereocenters. The first kappa shape index (κ1) is 26.6. The van der Waals surface area contributed by atoms with Crippen molar-refractivity contribution in [2.45, 2.75) is 58.4 Å². The number of hydrogen-bond donors (Lipinski definition) is 0. The van der Waals surface area contributed by atoms with E-state index in [1.165, 1.54) is 20.8 Å². The molecule has 1 fully saturated rings. The fraction of sp³-hybridized carbons (Fsp3) is 0.833. The van der Waals surface area contributed by atoms with E-state index in [0.717, 1.165) is 0 Å². The van der Waals surface area contributed by atoms with Gasteiger partial charge in [-0.05, 0) is 12.5 Å². The van der Waals surface area contributed by atoms with Gasteiger partial charge in [0.15, 0.2) is 24.6 Å². The average molecular weight is 447 g/mol. The SMILES string of the molecule is CC(=O)OC1[C@@H](OC(C)=O)C(OCCOCCOCCN=[N+]=[N-])O[C@H](C)[C@@H]1OC(C)=O. The highest BCUT2D eigenvalue weighted by Crippen LogP contribution is 2.29. The van der Waals surface area contributed by atoms with E-state index in [2.05, 4.69) is 10.0 Å². The van der Waals surface area contributed by atoms with Gasteiger partial charge in [0.2, 0.25) is 0 Å². The largest absolute Gasteiger partial charge is 0.456 e. The van der Waals surface area contributed by atoms with Crippen LogP contribution in [0.4, 0.5) is 0 Å². The predicted octanol–water partition coefficient (Wildman–Crippen LogP) is 0.886. The topological polar surface area (TPSA) is 165 Å². The molecule has 0 saturated carbocycles. The van der Waals surface area contributed by atoms with E-state index in [1.54, 1.807) is 6.92 Å². The van der Waals surface area contributed by atoms with Crippen LogP contribution in [0.2, 0.25) is 0 Å². The molecule has 0 aromatic carbocycles. The first-order chi connectivity index (χ1) is 14.8. The third-order valence-electron chi connectivity index (χ3n) is 3.91. The lowest BCUT2D eigenvalue weighted by Crippen LogP contribution is -2.61. The lowest BCUT2D eigenvalue weighted by molar-refractivity contribution is -0.302. The predicted molar refractivity (Wildman–Crippen MR) is 103 cm³/mol. The van der Waals surface area contributed by atoms with Crippen LogP contribution in [0.1, 0.15) is 27.7 Å². The molecule has 1 rings (SSSR count). The number of rotatable bonds is 13. The first-order valence-electron chi connectivity index (χ1n) is 9.71. The highest BCUT2D eigenvalue weighted by Gasteiger charge is 2.50. The molecule has 0 bridgehead atoms. The smallest absolute Gasteiger partial charge is 0.303 e. The third kappa shape index (κ3) is 10.4. The fourth-order valence-corrected chi connectivity index (χ4v) is 2.80. The molecule has 1 saturated heterocycles. The lowest BCUT2D eigenvalue weighted by Gasteiger charge is -2.43. The highest BCUT2D eigenvalue weighted by atomic mass is 16.7. The first-order valence-corrected chi connectivity index (χ1v) is 9.71. The molecule has 1 aliphatic heterocycles. The van der Waals surface area contributed by atoms with Gasteiger partial charge in [0, 0.05) is 32.2 Å². The second kappa shape index (κ2) is 14.5. The summed E-state index contributed by atoms with van der Waals surface area (Å²) in [5.74, 6) is -1.89. The minimum Gasteiger partial charge on any atom is -0.456 e. The van der Waals surface area contributed by atoms with Crippen LogP contribution in [0.25, 0.3) is 10.4 Å². The van der Waals surface area contributed by atoms with Gasteiger partial charge < -0.3 is 33.2 Å². The van der Waals surface area contributed by atoms with Crippen molar-refractivity contribution < 1.29 is 47.5 Å². The summed E-state index contributed by atoms with van der Waals surface area (Å²) in [7, 11) is 0. The molecule has 5 atom stereocenters. The Morgan fingerprint density at radius 2 is 1.35 bits per heavy atom. The van der Waals surface area contributed by atoms with Crippen LogP contribution in [0.15, 0.2) is 5.11 Å². The summed E-state index contributed by atoms with van der Waals surface area (Å²) in [5, 5.41) is 3.34. The molecular weight excluding hydrogens is 418 g/mol. The van der Waals surface area contributed by atoms with Crippen molar-refractivity contribution in [3.63, 3.8) is 0 Å². The molecule has 0 aliphatic carbocycles. The highest BCUT2D eigenvalue weighted by molar-refractivity contribution is 5.68. The number of nitrogens with zero attached hydrogens (tertiary/aromatic N) is 3. The maximum atomic E-state index is 11.6. The Kier molecular flexibility index (Phi) is 12.5. The van der Waals surface area contributed by atoms with E-state index in [-0.39, 0.29) is 19.8 Å². The van der Waals surface area contributed by atoms with Crippen molar-refractivity contribution in [1.29, 1.82) is 0 Å². The summed E-state index contributed by atoms with van der Waals surface area (Å²) in [5.41, 5.74) is 8.15. The van der Waals surface area contributed by atoms with E-state index in [1.807, 2.05) is 0 Å². The van der Waals surface area contributed by atoms with Crippen molar-refractivity contribution in [2.24, 2.45) is 5.11 Å². The van der Waals surface area contributed by atoms with Crippen LogP contribution in [0.3, 0.4) is 0 Å². The zero-order valence-electron chi connectivity index (χ0n) is 18.1. The summed E-state index contributed by atoms with van der Waals surface area (Å²) >= 11 is 0. The number of ether oxygens (including phenoxy) is 7. The van der Waals surface area contributed by atoms with Gasteiger partial charge in [0.1, 0.15) is 0 Å². The third-order valence-corrected chi connectivity index (χ3v) is 3.91. The molecule has 1 heterocycles. The van der Waals surface area contributed by atoms with E-state index in [9.17, 15) is 14.4 Å².